The number of nitrogens with zero attached hydrogens (tertiary/aromatic N) is 4. The Labute approximate surface area is 118 Å². The van der Waals surface area contributed by atoms with Crippen LogP contribution in [0.25, 0.3) is 0 Å². The van der Waals surface area contributed by atoms with Gasteiger partial charge < -0.3 is 15.0 Å². The van der Waals surface area contributed by atoms with Gasteiger partial charge in [-0.15, -0.1) is 0 Å². The molecule has 1 aromatic rings. The summed E-state index contributed by atoms with van der Waals surface area (Å²) in [6.07, 6.45) is 2.16. The second kappa shape index (κ2) is 5.40. The summed E-state index contributed by atoms with van der Waals surface area (Å²) in [5, 5.41) is 7.36. The Morgan fingerprint density at radius 3 is 3.00 bits per heavy atom. The third-order valence-electron chi connectivity index (χ3n) is 3.88. The highest BCUT2D eigenvalue weighted by molar-refractivity contribution is 5.74. The van der Waals surface area contributed by atoms with Gasteiger partial charge in [-0.3, -0.25) is 0 Å². The van der Waals surface area contributed by atoms with E-state index in [1.165, 1.54) is 0 Å². The van der Waals surface area contributed by atoms with Gasteiger partial charge in [0, 0.05) is 19.2 Å². The molecule has 1 aliphatic heterocycles. The van der Waals surface area contributed by atoms with Crippen molar-refractivity contribution in [2.24, 2.45) is 0 Å². The number of nitrogens with one attached hydrogen (secondary N) is 1. The van der Waals surface area contributed by atoms with Gasteiger partial charge in [0.25, 0.3) is 0 Å². The first-order valence-electron chi connectivity index (χ1n) is 7.23. The van der Waals surface area contributed by atoms with Gasteiger partial charge >= 0.3 is 6.03 Å². The van der Waals surface area contributed by atoms with Crippen LogP contribution in [0, 0.1) is 6.92 Å². The number of urea groups is 1. The van der Waals surface area contributed by atoms with Crippen LogP contribution in [0.2, 0.25) is 0 Å². The highest BCUT2D eigenvalue weighted by Crippen LogP contribution is 2.23. The largest absolute Gasteiger partial charge is 0.378 e. The standard InChI is InChI=1S/C13H21N5O2/c1-3-20-11-6-10(7-11)15-13(19)17-4-5-18-12(8-17)14-9(2)16-18/h10-11H,3-8H2,1-2H3,(H,15,19). The second-order valence-corrected chi connectivity index (χ2v) is 5.42. The van der Waals surface area contributed by atoms with Crippen LogP contribution in [-0.4, -0.2) is 51.0 Å². The fourth-order valence-electron chi connectivity index (χ4n) is 2.76. The molecule has 110 valence electrons. The van der Waals surface area contributed by atoms with Gasteiger partial charge in [-0.1, -0.05) is 0 Å². The summed E-state index contributed by atoms with van der Waals surface area (Å²) in [6.45, 7) is 6.55. The van der Waals surface area contributed by atoms with Crippen molar-refractivity contribution in [1.29, 1.82) is 0 Å². The average molecular weight is 279 g/mol. The van der Waals surface area contributed by atoms with Crippen LogP contribution in [0.15, 0.2) is 0 Å². The van der Waals surface area contributed by atoms with Gasteiger partial charge in [-0.2, -0.15) is 5.10 Å². The number of carbonyl (C=O) groups is 1. The molecule has 1 fully saturated rings. The molecule has 2 aliphatic rings. The average Bonchev–Trinajstić information content (AvgIpc) is 2.75. The molecule has 1 aromatic heterocycles. The van der Waals surface area contributed by atoms with Crippen molar-refractivity contribution in [3.8, 4) is 0 Å². The van der Waals surface area contributed by atoms with Crippen LogP contribution >= 0.6 is 0 Å². The van der Waals surface area contributed by atoms with Crippen LogP contribution in [0.1, 0.15) is 31.4 Å². The fourth-order valence-corrected chi connectivity index (χ4v) is 2.76. The zero-order chi connectivity index (χ0) is 14.1. The van der Waals surface area contributed by atoms with Gasteiger partial charge in [0.05, 0.1) is 19.2 Å². The normalized spacial score (nSPS) is 25.0. The topological polar surface area (TPSA) is 72.3 Å². The summed E-state index contributed by atoms with van der Waals surface area (Å²) in [6, 6.07) is 0.248. The van der Waals surface area contributed by atoms with Gasteiger partial charge in [-0.05, 0) is 26.7 Å². The number of ether oxygens (including phenoxy) is 1. The summed E-state index contributed by atoms with van der Waals surface area (Å²) >= 11 is 0. The number of rotatable bonds is 3. The number of carbonyl (C=O) groups excluding carboxylic acids is 1. The Bertz CT molecular complexity index is 495. The maximum atomic E-state index is 12.2. The third-order valence-corrected chi connectivity index (χ3v) is 3.88. The number of fused-ring (bicyclic) bond motifs is 1. The lowest BCUT2D eigenvalue weighted by molar-refractivity contribution is -0.00830. The van der Waals surface area contributed by atoms with Crippen molar-refractivity contribution in [2.45, 2.75) is 51.9 Å². The number of hydrogen-bond acceptors (Lipinski definition) is 4. The maximum Gasteiger partial charge on any atom is 0.318 e. The SMILES string of the molecule is CCOC1CC(NC(=O)N2CCn3nc(C)nc3C2)C1. The molecule has 3 rings (SSSR count). The van der Waals surface area contributed by atoms with Crippen LogP contribution < -0.4 is 5.32 Å². The van der Waals surface area contributed by atoms with Gasteiger partial charge in [0.2, 0.25) is 0 Å². The molecular formula is C13H21N5O2. The summed E-state index contributed by atoms with van der Waals surface area (Å²) in [4.78, 5) is 18.3. The van der Waals surface area contributed by atoms with E-state index < -0.39 is 0 Å². The van der Waals surface area contributed by atoms with E-state index in [1.807, 2.05) is 18.5 Å². The molecule has 0 bridgehead atoms. The Morgan fingerprint density at radius 2 is 2.25 bits per heavy atom. The molecule has 0 atom stereocenters. The third kappa shape index (κ3) is 2.63. The first-order chi connectivity index (χ1) is 9.65. The first kappa shape index (κ1) is 13.4. The number of aryl methyl sites for hydroxylation is 1. The fraction of sp³-hybridized carbons (Fsp3) is 0.769. The molecule has 7 heteroatoms. The Kier molecular flexibility index (Phi) is 3.60. The van der Waals surface area contributed by atoms with E-state index in [0.29, 0.717) is 19.2 Å². The van der Waals surface area contributed by atoms with E-state index in [4.69, 9.17) is 4.74 Å². The van der Waals surface area contributed by atoms with E-state index in [0.717, 1.165) is 37.6 Å². The molecular weight excluding hydrogens is 258 g/mol. The molecule has 0 radical (unpaired) electrons. The second-order valence-electron chi connectivity index (χ2n) is 5.42. The van der Waals surface area contributed by atoms with Crippen molar-refractivity contribution in [2.75, 3.05) is 13.2 Å². The van der Waals surface area contributed by atoms with Crippen LogP contribution in [0.5, 0.6) is 0 Å². The highest BCUT2D eigenvalue weighted by Gasteiger charge is 2.32. The van der Waals surface area contributed by atoms with E-state index >= 15 is 0 Å². The van der Waals surface area contributed by atoms with Crippen molar-refractivity contribution in [3.63, 3.8) is 0 Å². The summed E-state index contributed by atoms with van der Waals surface area (Å²) in [5.74, 6) is 1.63. The summed E-state index contributed by atoms with van der Waals surface area (Å²) in [5.41, 5.74) is 0. The lowest BCUT2D eigenvalue weighted by atomic mass is 9.89. The van der Waals surface area contributed by atoms with Crippen LogP contribution in [0.4, 0.5) is 4.79 Å². The van der Waals surface area contributed by atoms with E-state index in [9.17, 15) is 4.79 Å². The Balaban J connectivity index is 1.50. The summed E-state index contributed by atoms with van der Waals surface area (Å²) in [7, 11) is 0. The number of aromatic nitrogens is 3. The molecule has 1 N–H and O–H groups in total. The van der Waals surface area contributed by atoms with Gasteiger partial charge in [0.1, 0.15) is 11.6 Å². The first-order valence-corrected chi connectivity index (χ1v) is 7.23. The molecule has 0 spiro atoms. The molecule has 2 heterocycles. The molecule has 20 heavy (non-hydrogen) atoms. The van der Waals surface area contributed by atoms with Gasteiger partial charge in [0.15, 0.2) is 0 Å². The van der Waals surface area contributed by atoms with Gasteiger partial charge in [-0.25, -0.2) is 14.5 Å². The Morgan fingerprint density at radius 1 is 1.45 bits per heavy atom. The molecule has 1 aliphatic carbocycles. The smallest absolute Gasteiger partial charge is 0.318 e. The lowest BCUT2D eigenvalue weighted by Crippen LogP contribution is -2.53. The molecule has 2 amide bonds. The minimum Gasteiger partial charge on any atom is -0.378 e. The predicted molar refractivity (Wildman–Crippen MR) is 72.1 cm³/mol. The summed E-state index contributed by atoms with van der Waals surface area (Å²) < 4.78 is 7.38. The van der Waals surface area contributed by atoms with E-state index in [-0.39, 0.29) is 12.1 Å². The zero-order valence-electron chi connectivity index (χ0n) is 12.0. The quantitative estimate of drug-likeness (QED) is 0.883. The monoisotopic (exact) mass is 279 g/mol. The minimum atomic E-state index is -0.00292. The van der Waals surface area contributed by atoms with Crippen molar-refractivity contribution >= 4 is 6.03 Å². The minimum absolute atomic E-state index is 0.00292. The van der Waals surface area contributed by atoms with E-state index in [2.05, 4.69) is 15.4 Å². The highest BCUT2D eigenvalue weighted by atomic mass is 16.5. The predicted octanol–water partition coefficient (Wildman–Crippen LogP) is 0.679. The Hall–Kier alpha value is -1.63. The van der Waals surface area contributed by atoms with Crippen LogP contribution in [-0.2, 0) is 17.8 Å². The van der Waals surface area contributed by atoms with Crippen molar-refractivity contribution in [1.82, 2.24) is 25.0 Å². The molecule has 0 unspecified atom stereocenters. The number of amides is 2. The molecule has 0 aromatic carbocycles. The zero-order valence-corrected chi connectivity index (χ0v) is 12.0. The number of hydrogen-bond donors (Lipinski definition) is 1. The lowest BCUT2D eigenvalue weighted by Gasteiger charge is -2.37. The van der Waals surface area contributed by atoms with E-state index in [1.54, 1.807) is 4.90 Å². The molecule has 1 saturated carbocycles. The molecule has 7 nitrogen and oxygen atoms in total. The van der Waals surface area contributed by atoms with Crippen LogP contribution in [0.3, 0.4) is 0 Å². The van der Waals surface area contributed by atoms with Crippen molar-refractivity contribution in [3.05, 3.63) is 11.6 Å². The molecule has 0 saturated heterocycles. The maximum absolute atomic E-state index is 12.2. The van der Waals surface area contributed by atoms with Crippen molar-refractivity contribution < 1.29 is 9.53 Å².